The van der Waals surface area contributed by atoms with Gasteiger partial charge in [0.25, 0.3) is 0 Å². The molecule has 204 valence electrons. The number of thioether (sulfide) groups is 1. The lowest BCUT2D eigenvalue weighted by molar-refractivity contribution is -0.137. The van der Waals surface area contributed by atoms with Gasteiger partial charge in [0.2, 0.25) is 11.8 Å². The van der Waals surface area contributed by atoms with Crippen molar-refractivity contribution in [3.05, 3.63) is 109 Å². The number of alkyl halides is 3. The number of H-pyrrole nitrogens is 1. The molecule has 6 rings (SSSR count). The predicted molar refractivity (Wildman–Crippen MR) is 149 cm³/mol. The highest BCUT2D eigenvalue weighted by molar-refractivity contribution is 9.10. The molecule has 2 aliphatic heterocycles. The number of ether oxygens (including phenoxy) is 1. The van der Waals surface area contributed by atoms with Gasteiger partial charge in [-0.2, -0.15) is 13.2 Å². The molecule has 0 aliphatic carbocycles. The van der Waals surface area contributed by atoms with E-state index in [-0.39, 0.29) is 17.2 Å². The number of benzene rings is 3. The smallest absolute Gasteiger partial charge is 0.416 e. The van der Waals surface area contributed by atoms with E-state index in [1.807, 2.05) is 30.3 Å². The molecule has 6 nitrogen and oxygen atoms in total. The van der Waals surface area contributed by atoms with E-state index in [4.69, 9.17) is 4.74 Å². The Morgan fingerprint density at radius 1 is 0.950 bits per heavy atom. The highest BCUT2D eigenvalue weighted by Crippen LogP contribution is 2.55. The summed E-state index contributed by atoms with van der Waals surface area (Å²) in [6.45, 7) is 0.241. The first-order chi connectivity index (χ1) is 19.1. The quantitative estimate of drug-likeness (QED) is 0.248. The van der Waals surface area contributed by atoms with Crippen LogP contribution in [0.1, 0.15) is 27.5 Å². The molecule has 1 N–H and O–H groups in total. The van der Waals surface area contributed by atoms with Crippen molar-refractivity contribution in [3.8, 4) is 5.75 Å². The Labute approximate surface area is 242 Å². The molecule has 1 fully saturated rings. The van der Waals surface area contributed by atoms with Crippen LogP contribution >= 0.6 is 39.0 Å². The summed E-state index contributed by atoms with van der Waals surface area (Å²) < 4.78 is 47.2. The Morgan fingerprint density at radius 3 is 2.48 bits per heavy atom. The number of fused-ring (bicyclic) bond motifs is 2. The number of hydrogen-bond acceptors (Lipinski definition) is 6. The Hall–Kier alpha value is -3.35. The van der Waals surface area contributed by atoms with Gasteiger partial charge in [-0.3, -0.25) is 14.4 Å². The predicted octanol–water partition coefficient (Wildman–Crippen LogP) is 6.59. The van der Waals surface area contributed by atoms with Gasteiger partial charge in [-0.05, 0) is 42.0 Å². The number of imide groups is 1. The van der Waals surface area contributed by atoms with Crippen molar-refractivity contribution >= 4 is 56.5 Å². The SMILES string of the molecule is O=C1[C@H]2[C@H](c3cc(Br)ccc3OCc3ccccc3)c3sc(=O)[nH]c3S[C@H]2C(=O)N1c1cccc(C(F)(F)F)c1. The number of carbonyl (C=O) groups is 2. The molecule has 3 atom stereocenters. The summed E-state index contributed by atoms with van der Waals surface area (Å²) in [6.07, 6.45) is -4.64. The molecule has 3 heterocycles. The largest absolute Gasteiger partial charge is 0.489 e. The normalized spacial score (nSPS) is 20.4. The van der Waals surface area contributed by atoms with E-state index in [1.165, 1.54) is 12.1 Å². The maximum Gasteiger partial charge on any atom is 0.416 e. The summed E-state index contributed by atoms with van der Waals surface area (Å²) in [6, 6.07) is 19.0. The van der Waals surface area contributed by atoms with Gasteiger partial charge in [0.1, 0.15) is 17.6 Å². The highest BCUT2D eigenvalue weighted by atomic mass is 79.9. The monoisotopic (exact) mass is 646 g/mol. The van der Waals surface area contributed by atoms with Crippen molar-refractivity contribution in [2.75, 3.05) is 4.90 Å². The highest BCUT2D eigenvalue weighted by Gasteiger charge is 2.57. The van der Waals surface area contributed by atoms with Gasteiger partial charge in [0.15, 0.2) is 0 Å². The van der Waals surface area contributed by atoms with Crippen LogP contribution in [0, 0.1) is 5.92 Å². The number of halogens is 4. The standard InChI is InChI=1S/C28H18BrF3N2O4S2/c29-16-9-10-19(38-13-14-5-2-1-3-6-14)18(12-16)20-21-23(39-24-22(20)40-27(37)33-24)26(36)34(25(21)35)17-8-4-7-15(11-17)28(30,31)32/h1-12,20-21,23H,13H2,(H,33,37)/t20-,21-,23+/m0/s1. The zero-order chi connectivity index (χ0) is 28.2. The summed E-state index contributed by atoms with van der Waals surface area (Å²) in [4.78, 5) is 43.9. The number of aromatic nitrogens is 1. The first-order valence-electron chi connectivity index (χ1n) is 12.0. The minimum atomic E-state index is -4.64. The molecule has 0 radical (unpaired) electrons. The fourth-order valence-electron chi connectivity index (χ4n) is 5.06. The Kier molecular flexibility index (Phi) is 6.87. The number of nitrogens with one attached hydrogen (secondary N) is 1. The number of amides is 2. The van der Waals surface area contributed by atoms with E-state index < -0.39 is 40.6 Å². The summed E-state index contributed by atoms with van der Waals surface area (Å²) in [7, 11) is 0. The topological polar surface area (TPSA) is 79.5 Å². The number of nitrogens with zero attached hydrogens (tertiary/aromatic N) is 1. The molecular formula is C28H18BrF3N2O4S2. The average molecular weight is 647 g/mol. The summed E-state index contributed by atoms with van der Waals surface area (Å²) in [5.41, 5.74) is 0.398. The maximum atomic E-state index is 14.0. The van der Waals surface area contributed by atoms with Crippen LogP contribution < -0.4 is 14.5 Å². The molecule has 40 heavy (non-hydrogen) atoms. The number of carbonyl (C=O) groups excluding carboxylic acids is 2. The Bertz CT molecular complexity index is 1690. The fraction of sp³-hybridized carbons (Fsp3) is 0.179. The van der Waals surface area contributed by atoms with Crippen LogP contribution in [-0.2, 0) is 22.4 Å². The number of rotatable bonds is 5. The van der Waals surface area contributed by atoms with Gasteiger partial charge in [-0.25, -0.2) is 4.90 Å². The van der Waals surface area contributed by atoms with Crippen molar-refractivity contribution in [1.82, 2.24) is 4.98 Å². The van der Waals surface area contributed by atoms with Gasteiger partial charge in [-0.1, -0.05) is 75.4 Å². The van der Waals surface area contributed by atoms with E-state index in [0.29, 0.717) is 25.7 Å². The van der Waals surface area contributed by atoms with E-state index in [9.17, 15) is 27.6 Å². The summed E-state index contributed by atoms with van der Waals surface area (Å²) in [5, 5.41) is -0.493. The average Bonchev–Trinajstić information content (AvgIpc) is 3.42. The molecule has 12 heteroatoms. The molecule has 1 aromatic heterocycles. The van der Waals surface area contributed by atoms with Crippen molar-refractivity contribution in [2.24, 2.45) is 5.92 Å². The van der Waals surface area contributed by atoms with Crippen LogP contribution in [-0.4, -0.2) is 22.0 Å². The molecule has 0 bridgehead atoms. The summed E-state index contributed by atoms with van der Waals surface area (Å²) >= 11 is 5.48. The third-order valence-electron chi connectivity index (χ3n) is 6.80. The van der Waals surface area contributed by atoms with Crippen molar-refractivity contribution in [3.63, 3.8) is 0 Å². The van der Waals surface area contributed by atoms with E-state index in [1.54, 1.807) is 18.2 Å². The van der Waals surface area contributed by atoms with Crippen molar-refractivity contribution in [1.29, 1.82) is 0 Å². The summed E-state index contributed by atoms with van der Waals surface area (Å²) in [5.74, 6) is -2.52. The molecule has 4 aromatic rings. The van der Waals surface area contributed by atoms with E-state index in [0.717, 1.165) is 45.7 Å². The van der Waals surface area contributed by atoms with Crippen molar-refractivity contribution in [2.45, 2.75) is 29.0 Å². The first-order valence-corrected chi connectivity index (χ1v) is 14.5. The second-order valence-corrected chi connectivity index (χ2v) is 12.3. The van der Waals surface area contributed by atoms with Gasteiger partial charge in [0.05, 0.1) is 22.2 Å². The minimum absolute atomic E-state index is 0.148. The third kappa shape index (κ3) is 4.77. The number of aromatic amines is 1. The lowest BCUT2D eigenvalue weighted by Crippen LogP contribution is -2.32. The third-order valence-corrected chi connectivity index (χ3v) is 9.69. The van der Waals surface area contributed by atoms with Gasteiger partial charge >= 0.3 is 11.0 Å². The molecule has 2 aliphatic rings. The fourth-order valence-corrected chi connectivity index (χ4v) is 7.94. The molecule has 3 aromatic carbocycles. The lowest BCUT2D eigenvalue weighted by atomic mass is 9.82. The molecule has 0 spiro atoms. The van der Waals surface area contributed by atoms with E-state index in [2.05, 4.69) is 20.9 Å². The number of thiazole rings is 1. The maximum absolute atomic E-state index is 14.0. The molecule has 1 saturated heterocycles. The zero-order valence-electron chi connectivity index (χ0n) is 20.3. The van der Waals surface area contributed by atoms with Crippen LogP contribution in [0.15, 0.2) is 87.1 Å². The second kappa shape index (κ2) is 10.2. The van der Waals surface area contributed by atoms with Crippen LogP contribution in [0.25, 0.3) is 0 Å². The van der Waals surface area contributed by atoms with Gasteiger partial charge in [0, 0.05) is 20.8 Å². The van der Waals surface area contributed by atoms with E-state index >= 15 is 0 Å². The van der Waals surface area contributed by atoms with Gasteiger partial charge in [-0.15, -0.1) is 0 Å². The molecule has 0 saturated carbocycles. The van der Waals surface area contributed by atoms with Crippen molar-refractivity contribution < 1.29 is 27.5 Å². The Balaban J connectivity index is 1.45. The zero-order valence-corrected chi connectivity index (χ0v) is 23.5. The second-order valence-electron chi connectivity index (χ2n) is 9.27. The van der Waals surface area contributed by atoms with Gasteiger partial charge < -0.3 is 9.72 Å². The van der Waals surface area contributed by atoms with Crippen LogP contribution in [0.4, 0.5) is 18.9 Å². The Morgan fingerprint density at radius 2 is 1.73 bits per heavy atom. The van der Waals surface area contributed by atoms with Crippen LogP contribution in [0.3, 0.4) is 0 Å². The molecular weight excluding hydrogens is 629 g/mol. The van der Waals surface area contributed by atoms with Crippen LogP contribution in [0.5, 0.6) is 5.75 Å². The molecule has 2 amide bonds. The van der Waals surface area contributed by atoms with Crippen LogP contribution in [0.2, 0.25) is 0 Å². The minimum Gasteiger partial charge on any atom is -0.489 e. The lowest BCUT2D eigenvalue weighted by Gasteiger charge is -2.31. The number of hydrogen-bond donors (Lipinski definition) is 1. The first kappa shape index (κ1) is 26.9. The number of anilines is 1. The molecule has 0 unspecified atom stereocenters.